The molecule has 2 saturated carbocycles. The number of hydrogen-bond acceptors (Lipinski definition) is 0. The standard InChI is InChI=1S/C13H17ClF3/c1-7-6-12(7,4)10-8(11(10,2)3)5-9(14)13(15,16)17/h5,7,10H,6H2,1-4H3. The topological polar surface area (TPSA) is 0 Å². The molecule has 3 atom stereocenters. The van der Waals surface area contributed by atoms with Crippen LogP contribution in [0.25, 0.3) is 0 Å². The minimum Gasteiger partial charge on any atom is -0.165 e. The maximum atomic E-state index is 12.4. The molecule has 0 saturated heterocycles. The van der Waals surface area contributed by atoms with E-state index in [-0.39, 0.29) is 16.7 Å². The molecule has 0 aromatic carbocycles. The summed E-state index contributed by atoms with van der Waals surface area (Å²) >= 11 is 5.31. The van der Waals surface area contributed by atoms with Gasteiger partial charge in [-0.05, 0) is 29.1 Å². The van der Waals surface area contributed by atoms with E-state index < -0.39 is 11.2 Å². The average molecular weight is 266 g/mol. The highest BCUT2D eigenvalue weighted by atomic mass is 35.5. The first-order chi connectivity index (χ1) is 7.51. The molecule has 0 heterocycles. The van der Waals surface area contributed by atoms with Gasteiger partial charge in [0.25, 0.3) is 0 Å². The van der Waals surface area contributed by atoms with Gasteiger partial charge < -0.3 is 0 Å². The molecular formula is C13H17ClF3. The molecule has 0 nitrogen and oxygen atoms in total. The Morgan fingerprint density at radius 2 is 1.82 bits per heavy atom. The van der Waals surface area contributed by atoms with Crippen molar-refractivity contribution in [2.75, 3.05) is 0 Å². The van der Waals surface area contributed by atoms with Gasteiger partial charge in [-0.3, -0.25) is 0 Å². The molecule has 0 aliphatic heterocycles. The zero-order valence-corrected chi connectivity index (χ0v) is 11.2. The Bertz CT molecular complexity index is 369. The van der Waals surface area contributed by atoms with Crippen LogP contribution in [0, 0.1) is 28.6 Å². The maximum Gasteiger partial charge on any atom is 0.426 e. The highest BCUT2D eigenvalue weighted by Gasteiger charge is 2.70. The van der Waals surface area contributed by atoms with Crippen LogP contribution in [0.1, 0.15) is 34.1 Å². The molecule has 0 bridgehead atoms. The highest BCUT2D eigenvalue weighted by molar-refractivity contribution is 6.30. The second kappa shape index (κ2) is 3.43. The Balaban J connectivity index is 2.15. The highest BCUT2D eigenvalue weighted by Crippen LogP contribution is 2.77. The Morgan fingerprint density at radius 3 is 2.18 bits per heavy atom. The van der Waals surface area contributed by atoms with Crippen LogP contribution in [-0.2, 0) is 0 Å². The molecule has 97 valence electrons. The summed E-state index contributed by atoms with van der Waals surface area (Å²) in [6, 6.07) is 0. The monoisotopic (exact) mass is 265 g/mol. The number of hydrogen-bond donors (Lipinski definition) is 0. The van der Waals surface area contributed by atoms with E-state index in [2.05, 4.69) is 13.8 Å². The third-order valence-electron chi connectivity index (χ3n) is 4.62. The van der Waals surface area contributed by atoms with Gasteiger partial charge >= 0.3 is 6.18 Å². The lowest BCUT2D eigenvalue weighted by Crippen LogP contribution is -2.07. The van der Waals surface area contributed by atoms with Crippen molar-refractivity contribution in [1.29, 1.82) is 0 Å². The molecule has 0 aromatic rings. The molecule has 0 aromatic heterocycles. The van der Waals surface area contributed by atoms with Crippen molar-refractivity contribution in [2.24, 2.45) is 22.7 Å². The van der Waals surface area contributed by atoms with Crippen molar-refractivity contribution in [3.05, 3.63) is 17.0 Å². The molecule has 2 fully saturated rings. The Kier molecular flexibility index (Phi) is 2.68. The van der Waals surface area contributed by atoms with E-state index in [9.17, 15) is 13.2 Å². The lowest BCUT2D eigenvalue weighted by molar-refractivity contribution is -0.0846. The quantitative estimate of drug-likeness (QED) is 0.663. The summed E-state index contributed by atoms with van der Waals surface area (Å²) in [4.78, 5) is 0. The number of allylic oxidation sites excluding steroid dienone is 2. The lowest BCUT2D eigenvalue weighted by Gasteiger charge is -2.10. The van der Waals surface area contributed by atoms with Crippen molar-refractivity contribution >= 4 is 11.6 Å². The Labute approximate surface area is 105 Å². The van der Waals surface area contributed by atoms with Crippen molar-refractivity contribution in [1.82, 2.24) is 0 Å². The van der Waals surface area contributed by atoms with Crippen LogP contribution in [0.4, 0.5) is 13.2 Å². The summed E-state index contributed by atoms with van der Waals surface area (Å²) in [7, 11) is 0. The largest absolute Gasteiger partial charge is 0.426 e. The summed E-state index contributed by atoms with van der Waals surface area (Å²) in [5.74, 6) is 1.70. The Morgan fingerprint density at radius 1 is 1.35 bits per heavy atom. The fourth-order valence-electron chi connectivity index (χ4n) is 3.25. The first-order valence-electron chi connectivity index (χ1n) is 5.83. The van der Waals surface area contributed by atoms with Gasteiger partial charge in [0.1, 0.15) is 5.03 Å². The third-order valence-corrected chi connectivity index (χ3v) is 4.94. The van der Waals surface area contributed by atoms with Crippen LogP contribution in [0.3, 0.4) is 0 Å². The van der Waals surface area contributed by atoms with Gasteiger partial charge in [0.2, 0.25) is 0 Å². The van der Waals surface area contributed by atoms with Gasteiger partial charge in [-0.2, -0.15) is 13.2 Å². The normalized spacial score (nSPS) is 41.5. The van der Waals surface area contributed by atoms with E-state index in [4.69, 9.17) is 11.6 Å². The predicted octanol–water partition coefficient (Wildman–Crippen LogP) is 4.95. The van der Waals surface area contributed by atoms with Crippen molar-refractivity contribution in [2.45, 2.75) is 40.3 Å². The zero-order valence-electron chi connectivity index (χ0n) is 10.5. The first-order valence-corrected chi connectivity index (χ1v) is 6.21. The van der Waals surface area contributed by atoms with Gasteiger partial charge in [-0.25, -0.2) is 0 Å². The van der Waals surface area contributed by atoms with Crippen LogP contribution in [-0.4, -0.2) is 6.18 Å². The molecule has 2 aliphatic rings. The van der Waals surface area contributed by atoms with Crippen molar-refractivity contribution < 1.29 is 13.2 Å². The van der Waals surface area contributed by atoms with Crippen LogP contribution < -0.4 is 0 Å². The zero-order chi connectivity index (χ0) is 13.2. The number of halogens is 4. The second-order valence-electron chi connectivity index (χ2n) is 6.21. The van der Waals surface area contributed by atoms with Crippen LogP contribution in [0.5, 0.6) is 0 Å². The summed E-state index contributed by atoms with van der Waals surface area (Å²) in [5, 5.41) is -1.00. The van der Waals surface area contributed by atoms with E-state index in [1.54, 1.807) is 0 Å². The molecule has 17 heavy (non-hydrogen) atoms. The van der Waals surface area contributed by atoms with E-state index in [1.807, 2.05) is 13.8 Å². The second-order valence-corrected chi connectivity index (χ2v) is 6.62. The molecule has 0 amide bonds. The fourth-order valence-corrected chi connectivity index (χ4v) is 3.37. The summed E-state index contributed by atoms with van der Waals surface area (Å²) in [6.45, 7) is 8.31. The van der Waals surface area contributed by atoms with Crippen LogP contribution in [0.15, 0.2) is 11.1 Å². The summed E-state index contributed by atoms with van der Waals surface area (Å²) in [6.07, 6.45) is -2.18. The lowest BCUT2D eigenvalue weighted by atomic mass is 9.94. The SMILES string of the molecule is CC1CC1(C)C1[C](C=C(Cl)C(F)(F)F)C1(C)C. The number of rotatable bonds is 2. The maximum absolute atomic E-state index is 12.4. The summed E-state index contributed by atoms with van der Waals surface area (Å²) in [5.41, 5.74) is 0.0446. The van der Waals surface area contributed by atoms with Crippen LogP contribution in [0.2, 0.25) is 0 Å². The minimum atomic E-state index is -4.42. The molecule has 3 unspecified atom stereocenters. The fraction of sp³-hybridized carbons (Fsp3) is 0.769. The minimum absolute atomic E-state index is 0.134. The third kappa shape index (κ3) is 2.00. The summed E-state index contributed by atoms with van der Waals surface area (Å²) < 4.78 is 37.2. The van der Waals surface area contributed by atoms with Crippen LogP contribution >= 0.6 is 11.6 Å². The number of alkyl halides is 3. The molecular weight excluding hydrogens is 249 g/mol. The van der Waals surface area contributed by atoms with E-state index in [1.165, 1.54) is 0 Å². The molecule has 0 spiro atoms. The molecule has 2 aliphatic carbocycles. The van der Waals surface area contributed by atoms with Gasteiger partial charge in [0, 0.05) is 5.92 Å². The molecule has 1 radical (unpaired) electrons. The predicted molar refractivity (Wildman–Crippen MR) is 62.4 cm³/mol. The van der Waals surface area contributed by atoms with Gasteiger partial charge in [0.15, 0.2) is 0 Å². The smallest absolute Gasteiger partial charge is 0.165 e. The van der Waals surface area contributed by atoms with E-state index >= 15 is 0 Å². The first kappa shape index (κ1) is 13.3. The van der Waals surface area contributed by atoms with Gasteiger partial charge in [-0.15, -0.1) is 0 Å². The molecule has 2 rings (SSSR count). The molecule has 0 N–H and O–H groups in total. The van der Waals surface area contributed by atoms with Gasteiger partial charge in [0.05, 0.1) is 0 Å². The molecule has 4 heteroatoms. The Hall–Kier alpha value is -0.180. The van der Waals surface area contributed by atoms with Crippen molar-refractivity contribution in [3.63, 3.8) is 0 Å². The van der Waals surface area contributed by atoms with Gasteiger partial charge in [-0.1, -0.05) is 45.4 Å². The van der Waals surface area contributed by atoms with E-state index in [0.29, 0.717) is 5.92 Å². The van der Waals surface area contributed by atoms with E-state index in [0.717, 1.165) is 18.4 Å². The average Bonchev–Trinajstić information content (AvgIpc) is 2.88. The van der Waals surface area contributed by atoms with Crippen molar-refractivity contribution in [3.8, 4) is 0 Å².